The van der Waals surface area contributed by atoms with Gasteiger partial charge in [0.2, 0.25) is 0 Å². The van der Waals surface area contributed by atoms with Crippen molar-refractivity contribution >= 4 is 0 Å². The predicted molar refractivity (Wildman–Crippen MR) is 78.8 cm³/mol. The summed E-state index contributed by atoms with van der Waals surface area (Å²) < 4.78 is 0. The monoisotopic (exact) mass is 255 g/mol. The third kappa shape index (κ3) is 3.18. The van der Waals surface area contributed by atoms with E-state index in [1.54, 1.807) is 6.20 Å². The molecule has 0 saturated carbocycles. The molecule has 0 aliphatic heterocycles. The Labute approximate surface area is 114 Å². The van der Waals surface area contributed by atoms with Gasteiger partial charge in [0.05, 0.1) is 11.2 Å². The number of nitrogens with zero attached hydrogens (tertiary/aromatic N) is 2. The van der Waals surface area contributed by atoms with Crippen LogP contribution in [0.5, 0.6) is 0 Å². The lowest BCUT2D eigenvalue weighted by molar-refractivity contribution is 0.514. The van der Waals surface area contributed by atoms with Crippen LogP contribution in [0.3, 0.4) is 0 Å². The number of hydrogen-bond acceptors (Lipinski definition) is 3. The van der Waals surface area contributed by atoms with Gasteiger partial charge in [0.1, 0.15) is 5.82 Å². The fourth-order valence-corrected chi connectivity index (χ4v) is 1.87. The molecule has 2 N–H and O–H groups in total. The lowest BCUT2D eigenvalue weighted by Crippen LogP contribution is -2.31. The molecule has 3 heteroatoms. The van der Waals surface area contributed by atoms with Gasteiger partial charge in [0.15, 0.2) is 0 Å². The molecule has 0 aliphatic carbocycles. The molecule has 1 aromatic carbocycles. The molecule has 0 atom stereocenters. The Morgan fingerprint density at radius 2 is 1.68 bits per heavy atom. The van der Waals surface area contributed by atoms with Crippen molar-refractivity contribution in [1.29, 1.82) is 0 Å². The van der Waals surface area contributed by atoms with E-state index in [1.807, 2.05) is 19.9 Å². The highest BCUT2D eigenvalue weighted by Gasteiger charge is 2.18. The van der Waals surface area contributed by atoms with Gasteiger partial charge in [0, 0.05) is 11.8 Å². The second kappa shape index (κ2) is 5.10. The van der Waals surface area contributed by atoms with Crippen molar-refractivity contribution in [3.05, 3.63) is 47.9 Å². The van der Waals surface area contributed by atoms with Crippen LogP contribution < -0.4 is 5.73 Å². The maximum absolute atomic E-state index is 6.04. The van der Waals surface area contributed by atoms with E-state index in [-0.39, 0.29) is 0 Å². The van der Waals surface area contributed by atoms with Crippen LogP contribution >= 0.6 is 0 Å². The second-order valence-corrected chi connectivity index (χ2v) is 5.76. The van der Waals surface area contributed by atoms with Crippen molar-refractivity contribution in [2.24, 2.45) is 5.73 Å². The molecule has 0 aliphatic rings. The Morgan fingerprint density at radius 3 is 2.21 bits per heavy atom. The first-order valence-electron chi connectivity index (χ1n) is 6.60. The summed E-state index contributed by atoms with van der Waals surface area (Å²) in [6.07, 6.45) is 1.77. The highest BCUT2D eigenvalue weighted by Crippen LogP contribution is 2.22. The molecular formula is C16H21N3. The Bertz CT molecular complexity index is 551. The summed E-state index contributed by atoms with van der Waals surface area (Å²) in [5, 5.41) is 0. The van der Waals surface area contributed by atoms with Crippen molar-refractivity contribution < 1.29 is 0 Å². The van der Waals surface area contributed by atoms with Gasteiger partial charge in [-0.3, -0.25) is 0 Å². The van der Waals surface area contributed by atoms with E-state index < -0.39 is 5.54 Å². The van der Waals surface area contributed by atoms with Crippen molar-refractivity contribution in [3.63, 3.8) is 0 Å². The third-order valence-electron chi connectivity index (χ3n) is 3.11. The maximum atomic E-state index is 6.04. The first kappa shape index (κ1) is 13.7. The summed E-state index contributed by atoms with van der Waals surface area (Å²) in [4.78, 5) is 8.80. The first-order chi connectivity index (χ1) is 8.88. The van der Waals surface area contributed by atoms with Gasteiger partial charge >= 0.3 is 0 Å². The number of aromatic nitrogens is 2. The van der Waals surface area contributed by atoms with Gasteiger partial charge in [-0.15, -0.1) is 0 Å². The van der Waals surface area contributed by atoms with Crippen LogP contribution in [0.1, 0.15) is 45.0 Å². The molecule has 1 aromatic heterocycles. The zero-order valence-corrected chi connectivity index (χ0v) is 12.0. The number of nitrogens with two attached hydrogens (primary N) is 1. The van der Waals surface area contributed by atoms with Crippen LogP contribution in [-0.2, 0) is 5.54 Å². The number of rotatable bonds is 3. The summed E-state index contributed by atoms with van der Waals surface area (Å²) in [6.45, 7) is 8.20. The van der Waals surface area contributed by atoms with E-state index >= 15 is 0 Å². The van der Waals surface area contributed by atoms with Crippen LogP contribution in [0.25, 0.3) is 11.3 Å². The van der Waals surface area contributed by atoms with Crippen LogP contribution in [0, 0.1) is 0 Å². The zero-order valence-electron chi connectivity index (χ0n) is 12.0. The molecule has 0 fully saturated rings. The van der Waals surface area contributed by atoms with E-state index in [9.17, 15) is 0 Å². The molecule has 0 bridgehead atoms. The largest absolute Gasteiger partial charge is 0.319 e. The van der Waals surface area contributed by atoms with Crippen LogP contribution in [0.4, 0.5) is 0 Å². The lowest BCUT2D eigenvalue weighted by atomic mass is 10.0. The molecule has 0 unspecified atom stereocenters. The molecule has 2 rings (SSSR count). The lowest BCUT2D eigenvalue weighted by Gasteiger charge is -2.17. The van der Waals surface area contributed by atoms with Crippen LogP contribution in [0.15, 0.2) is 36.5 Å². The molecule has 0 amide bonds. The first-order valence-corrected chi connectivity index (χ1v) is 6.60. The molecule has 0 radical (unpaired) electrons. The summed E-state index contributed by atoms with van der Waals surface area (Å²) in [5.74, 6) is 1.20. The summed E-state index contributed by atoms with van der Waals surface area (Å²) in [6, 6.07) is 10.4. The maximum Gasteiger partial charge on any atom is 0.148 e. The molecule has 19 heavy (non-hydrogen) atoms. The minimum absolute atomic E-state index is 0.520. The molecule has 0 spiro atoms. The Morgan fingerprint density at radius 1 is 1.05 bits per heavy atom. The highest BCUT2D eigenvalue weighted by atomic mass is 14.9. The van der Waals surface area contributed by atoms with Gasteiger partial charge in [0.25, 0.3) is 0 Å². The minimum atomic E-state index is -0.520. The number of hydrogen-bond donors (Lipinski definition) is 1. The molecular weight excluding hydrogens is 234 g/mol. The average molecular weight is 255 g/mol. The summed E-state index contributed by atoms with van der Waals surface area (Å²) >= 11 is 0. The van der Waals surface area contributed by atoms with Gasteiger partial charge in [-0.25, -0.2) is 9.97 Å². The fourth-order valence-electron chi connectivity index (χ4n) is 1.87. The van der Waals surface area contributed by atoms with Gasteiger partial charge in [-0.2, -0.15) is 0 Å². The SMILES string of the molecule is CC(C)c1ccc(-c2ccnc(C(C)(C)N)n2)cc1. The zero-order chi connectivity index (χ0) is 14.0. The highest BCUT2D eigenvalue weighted by molar-refractivity contribution is 5.59. The molecule has 1 heterocycles. The third-order valence-corrected chi connectivity index (χ3v) is 3.11. The van der Waals surface area contributed by atoms with Crippen molar-refractivity contribution in [2.75, 3.05) is 0 Å². The quantitative estimate of drug-likeness (QED) is 0.913. The van der Waals surface area contributed by atoms with Crippen LogP contribution in [0.2, 0.25) is 0 Å². The van der Waals surface area contributed by atoms with E-state index in [2.05, 4.69) is 48.1 Å². The van der Waals surface area contributed by atoms with E-state index in [4.69, 9.17) is 5.73 Å². The minimum Gasteiger partial charge on any atom is -0.319 e. The molecule has 2 aromatic rings. The second-order valence-electron chi connectivity index (χ2n) is 5.76. The Kier molecular flexibility index (Phi) is 3.67. The van der Waals surface area contributed by atoms with E-state index in [1.165, 1.54) is 5.56 Å². The molecule has 100 valence electrons. The van der Waals surface area contributed by atoms with Crippen molar-refractivity contribution in [3.8, 4) is 11.3 Å². The van der Waals surface area contributed by atoms with Gasteiger partial charge in [-0.1, -0.05) is 38.1 Å². The Hall–Kier alpha value is -1.74. The van der Waals surface area contributed by atoms with Crippen LogP contribution in [-0.4, -0.2) is 9.97 Å². The van der Waals surface area contributed by atoms with Crippen molar-refractivity contribution in [2.45, 2.75) is 39.2 Å². The van der Waals surface area contributed by atoms with E-state index in [0.717, 1.165) is 11.3 Å². The standard InChI is InChI=1S/C16H21N3/c1-11(2)12-5-7-13(8-6-12)14-9-10-18-15(19-14)16(3,4)17/h5-11H,17H2,1-4H3. The molecule has 0 saturated heterocycles. The molecule has 3 nitrogen and oxygen atoms in total. The van der Waals surface area contributed by atoms with E-state index in [0.29, 0.717) is 11.7 Å². The summed E-state index contributed by atoms with van der Waals surface area (Å²) in [7, 11) is 0. The fraction of sp³-hybridized carbons (Fsp3) is 0.375. The normalized spacial score (nSPS) is 11.9. The predicted octanol–water partition coefficient (Wildman–Crippen LogP) is 3.46. The smallest absolute Gasteiger partial charge is 0.148 e. The van der Waals surface area contributed by atoms with Gasteiger partial charge in [-0.05, 0) is 31.4 Å². The van der Waals surface area contributed by atoms with Crippen molar-refractivity contribution in [1.82, 2.24) is 9.97 Å². The topological polar surface area (TPSA) is 51.8 Å². The summed E-state index contributed by atoms with van der Waals surface area (Å²) in [5.41, 5.74) is 8.86. The number of benzene rings is 1. The average Bonchev–Trinajstić information content (AvgIpc) is 2.38. The van der Waals surface area contributed by atoms with Gasteiger partial charge < -0.3 is 5.73 Å². The Balaban J connectivity index is 2.37.